The third kappa shape index (κ3) is 3.01. The van der Waals surface area contributed by atoms with E-state index in [0.29, 0.717) is 6.04 Å². The summed E-state index contributed by atoms with van der Waals surface area (Å²) < 4.78 is 1.97. The molecule has 0 spiro atoms. The van der Waals surface area contributed by atoms with Crippen LogP contribution in [0.1, 0.15) is 50.1 Å². The Morgan fingerprint density at radius 2 is 2.11 bits per heavy atom. The Bertz CT molecular complexity index is 481. The van der Waals surface area contributed by atoms with Crippen molar-refractivity contribution in [3.63, 3.8) is 0 Å². The van der Waals surface area contributed by atoms with Crippen molar-refractivity contribution in [2.24, 2.45) is 18.9 Å². The lowest BCUT2D eigenvalue weighted by atomic mass is 9.79. The molecule has 0 saturated heterocycles. The summed E-state index contributed by atoms with van der Waals surface area (Å²) in [5.41, 5.74) is 3.20. The van der Waals surface area contributed by atoms with Gasteiger partial charge < -0.3 is 9.88 Å². The van der Waals surface area contributed by atoms with Gasteiger partial charge in [0.2, 0.25) is 0 Å². The first-order valence-electron chi connectivity index (χ1n) is 7.31. The Labute approximate surface area is 116 Å². The van der Waals surface area contributed by atoms with Crippen molar-refractivity contribution < 1.29 is 0 Å². The van der Waals surface area contributed by atoms with Crippen LogP contribution in [0.3, 0.4) is 0 Å². The highest BCUT2D eigenvalue weighted by Gasteiger charge is 2.24. The fourth-order valence-electron chi connectivity index (χ4n) is 3.04. The quantitative estimate of drug-likeness (QED) is 0.906. The van der Waals surface area contributed by atoms with Gasteiger partial charge in [-0.2, -0.15) is 5.26 Å². The van der Waals surface area contributed by atoms with E-state index in [2.05, 4.69) is 32.2 Å². The first-order valence-corrected chi connectivity index (χ1v) is 7.31. The molecule has 3 unspecified atom stereocenters. The molecule has 3 atom stereocenters. The molecule has 1 aliphatic carbocycles. The molecule has 1 fully saturated rings. The number of nitrogens with one attached hydrogen (secondary N) is 1. The number of nitrogens with zero attached hydrogens (tertiary/aromatic N) is 2. The first-order chi connectivity index (χ1) is 9.02. The van der Waals surface area contributed by atoms with E-state index in [0.717, 1.165) is 24.1 Å². The van der Waals surface area contributed by atoms with Crippen LogP contribution >= 0.6 is 0 Å². The van der Waals surface area contributed by atoms with Crippen LogP contribution in [0.5, 0.6) is 0 Å². The van der Waals surface area contributed by atoms with Crippen molar-refractivity contribution in [2.45, 2.75) is 52.6 Å². The predicted octanol–water partition coefficient (Wildman–Crippen LogP) is 3.12. The normalized spacial score (nSPS) is 27.2. The van der Waals surface area contributed by atoms with E-state index in [1.165, 1.54) is 30.5 Å². The van der Waals surface area contributed by atoms with Crippen LogP contribution < -0.4 is 5.32 Å². The molecule has 0 amide bonds. The van der Waals surface area contributed by atoms with E-state index in [4.69, 9.17) is 5.26 Å². The van der Waals surface area contributed by atoms with Crippen LogP contribution in [0.4, 0.5) is 0 Å². The fourth-order valence-corrected chi connectivity index (χ4v) is 3.04. The lowest BCUT2D eigenvalue weighted by molar-refractivity contribution is 0.225. The van der Waals surface area contributed by atoms with Crippen LogP contribution in [0.25, 0.3) is 0 Å². The maximum Gasteiger partial charge on any atom is 0.120 e. The van der Waals surface area contributed by atoms with Crippen molar-refractivity contribution in [1.29, 1.82) is 5.26 Å². The molecule has 0 radical (unpaired) electrons. The van der Waals surface area contributed by atoms with Gasteiger partial charge in [-0.15, -0.1) is 0 Å². The summed E-state index contributed by atoms with van der Waals surface area (Å²) in [6.45, 7) is 7.69. The fraction of sp³-hybridized carbons (Fsp3) is 0.688. The van der Waals surface area contributed by atoms with Crippen LogP contribution in [0.2, 0.25) is 0 Å². The molecule has 1 heterocycles. The Morgan fingerprint density at radius 3 is 2.68 bits per heavy atom. The van der Waals surface area contributed by atoms with Gasteiger partial charge in [0.15, 0.2) is 0 Å². The highest BCUT2D eigenvalue weighted by Crippen LogP contribution is 2.29. The third-order valence-electron chi connectivity index (χ3n) is 4.93. The molecule has 1 aliphatic rings. The van der Waals surface area contributed by atoms with E-state index in [1.54, 1.807) is 0 Å². The minimum Gasteiger partial charge on any atom is -0.340 e. The van der Waals surface area contributed by atoms with Gasteiger partial charge in [0.05, 0.1) is 0 Å². The minimum absolute atomic E-state index is 0.636. The molecule has 1 saturated carbocycles. The molecule has 3 heteroatoms. The van der Waals surface area contributed by atoms with Gasteiger partial charge in [-0.05, 0) is 49.7 Å². The zero-order valence-electron chi connectivity index (χ0n) is 12.5. The van der Waals surface area contributed by atoms with Crippen LogP contribution in [0.15, 0.2) is 6.07 Å². The number of rotatable bonds is 3. The molecule has 104 valence electrons. The van der Waals surface area contributed by atoms with Gasteiger partial charge in [-0.3, -0.25) is 0 Å². The van der Waals surface area contributed by atoms with Crippen LogP contribution in [-0.4, -0.2) is 10.6 Å². The topological polar surface area (TPSA) is 40.8 Å². The number of nitriles is 1. The van der Waals surface area contributed by atoms with Crippen molar-refractivity contribution in [2.75, 3.05) is 0 Å². The molecule has 19 heavy (non-hydrogen) atoms. The highest BCUT2D eigenvalue weighted by atomic mass is 15.0. The van der Waals surface area contributed by atoms with E-state index in [1.807, 2.05) is 17.7 Å². The highest BCUT2D eigenvalue weighted by molar-refractivity contribution is 5.34. The summed E-state index contributed by atoms with van der Waals surface area (Å²) in [4.78, 5) is 0. The Hall–Kier alpha value is -1.27. The predicted molar refractivity (Wildman–Crippen MR) is 77.7 cm³/mol. The summed E-state index contributed by atoms with van der Waals surface area (Å²) in [5, 5.41) is 12.7. The lowest BCUT2D eigenvalue weighted by Crippen LogP contribution is -2.35. The standard InChI is InChI=1S/C16H25N3/c1-11-5-6-15(7-12(11)2)18-10-14-8-16(9-17)19(4)13(14)3/h8,11-12,15,18H,5-7,10H2,1-4H3. The van der Waals surface area contributed by atoms with E-state index < -0.39 is 0 Å². The Kier molecular flexibility index (Phi) is 4.31. The molecule has 3 nitrogen and oxygen atoms in total. The second-order valence-corrected chi connectivity index (χ2v) is 6.16. The second-order valence-electron chi connectivity index (χ2n) is 6.16. The molecule has 1 N–H and O–H groups in total. The van der Waals surface area contributed by atoms with E-state index in [-0.39, 0.29) is 0 Å². The largest absolute Gasteiger partial charge is 0.340 e. The number of aromatic nitrogens is 1. The monoisotopic (exact) mass is 259 g/mol. The maximum atomic E-state index is 9.05. The summed E-state index contributed by atoms with van der Waals surface area (Å²) in [6, 6.07) is 4.89. The number of hydrogen-bond donors (Lipinski definition) is 1. The minimum atomic E-state index is 0.636. The molecular formula is C16H25N3. The summed E-state index contributed by atoms with van der Waals surface area (Å²) >= 11 is 0. The van der Waals surface area contributed by atoms with Crippen molar-refractivity contribution >= 4 is 0 Å². The van der Waals surface area contributed by atoms with E-state index >= 15 is 0 Å². The van der Waals surface area contributed by atoms with Crippen LogP contribution in [0, 0.1) is 30.1 Å². The van der Waals surface area contributed by atoms with Gasteiger partial charge in [0.1, 0.15) is 11.8 Å². The Morgan fingerprint density at radius 1 is 1.37 bits per heavy atom. The SMILES string of the molecule is Cc1c(CNC2CCC(C)C(C)C2)cc(C#N)n1C. The zero-order valence-corrected chi connectivity index (χ0v) is 12.5. The second kappa shape index (κ2) is 5.79. The van der Waals surface area contributed by atoms with Gasteiger partial charge >= 0.3 is 0 Å². The van der Waals surface area contributed by atoms with Crippen molar-refractivity contribution in [3.05, 3.63) is 23.0 Å². The average Bonchev–Trinajstić information content (AvgIpc) is 2.67. The molecule has 0 aliphatic heterocycles. The smallest absolute Gasteiger partial charge is 0.120 e. The van der Waals surface area contributed by atoms with Gasteiger partial charge in [-0.25, -0.2) is 0 Å². The molecule has 1 aromatic rings. The van der Waals surface area contributed by atoms with Gasteiger partial charge in [0, 0.05) is 25.3 Å². The molecule has 1 aromatic heterocycles. The third-order valence-corrected chi connectivity index (χ3v) is 4.93. The zero-order chi connectivity index (χ0) is 14.0. The molecule has 0 bridgehead atoms. The molecule has 2 rings (SSSR count). The van der Waals surface area contributed by atoms with Crippen molar-refractivity contribution in [3.8, 4) is 6.07 Å². The first kappa shape index (κ1) is 14.1. The summed E-state index contributed by atoms with van der Waals surface area (Å²) in [6.07, 6.45) is 3.89. The van der Waals surface area contributed by atoms with Gasteiger partial charge in [-0.1, -0.05) is 13.8 Å². The van der Waals surface area contributed by atoms with Crippen molar-refractivity contribution in [1.82, 2.24) is 9.88 Å². The van der Waals surface area contributed by atoms with Gasteiger partial charge in [0.25, 0.3) is 0 Å². The summed E-state index contributed by atoms with van der Waals surface area (Å²) in [7, 11) is 1.96. The lowest BCUT2D eigenvalue weighted by Gasteiger charge is -2.32. The maximum absolute atomic E-state index is 9.05. The van der Waals surface area contributed by atoms with E-state index in [9.17, 15) is 0 Å². The van der Waals surface area contributed by atoms with Crippen LogP contribution in [-0.2, 0) is 13.6 Å². The molecule has 0 aromatic carbocycles. The molecular weight excluding hydrogens is 234 g/mol. The number of hydrogen-bond acceptors (Lipinski definition) is 2. The Balaban J connectivity index is 1.95. The average molecular weight is 259 g/mol. The summed E-state index contributed by atoms with van der Waals surface area (Å²) in [5.74, 6) is 1.68.